The van der Waals surface area contributed by atoms with Crippen molar-refractivity contribution in [1.29, 1.82) is 0 Å². The van der Waals surface area contributed by atoms with E-state index in [0.717, 1.165) is 64.0 Å². The number of hydroxylamine groups is 2. The summed E-state index contributed by atoms with van der Waals surface area (Å²) in [6, 6.07) is 3.95. The summed E-state index contributed by atoms with van der Waals surface area (Å²) in [4.78, 5) is 24.7. The van der Waals surface area contributed by atoms with Crippen molar-refractivity contribution < 1.29 is 9.63 Å². The first kappa shape index (κ1) is 14.9. The highest BCUT2D eigenvalue weighted by molar-refractivity contribution is 5.75. The van der Waals surface area contributed by atoms with Gasteiger partial charge in [0.1, 0.15) is 6.04 Å². The first-order valence-electron chi connectivity index (χ1n) is 8.65. The predicted octanol–water partition coefficient (Wildman–Crippen LogP) is 1.34. The van der Waals surface area contributed by atoms with E-state index < -0.39 is 0 Å². The van der Waals surface area contributed by atoms with Crippen LogP contribution in [0.3, 0.4) is 0 Å². The van der Waals surface area contributed by atoms with Crippen LogP contribution in [0.2, 0.25) is 0 Å². The molecule has 3 aliphatic rings. The lowest BCUT2D eigenvalue weighted by Crippen LogP contribution is -2.49. The predicted molar refractivity (Wildman–Crippen MR) is 86.9 cm³/mol. The van der Waals surface area contributed by atoms with Gasteiger partial charge < -0.3 is 15.1 Å². The molecule has 1 N–H and O–H groups in total. The molecule has 124 valence electrons. The number of hydrogen-bond donors (Lipinski definition) is 1. The molecule has 4 heterocycles. The van der Waals surface area contributed by atoms with Crippen molar-refractivity contribution in [1.82, 2.24) is 15.4 Å². The number of pyridine rings is 1. The summed E-state index contributed by atoms with van der Waals surface area (Å²) >= 11 is 0. The van der Waals surface area contributed by atoms with Crippen molar-refractivity contribution in [2.24, 2.45) is 0 Å². The van der Waals surface area contributed by atoms with Crippen LogP contribution in [0.15, 0.2) is 24.5 Å². The van der Waals surface area contributed by atoms with Crippen molar-refractivity contribution in [2.45, 2.75) is 43.7 Å². The first-order valence-corrected chi connectivity index (χ1v) is 8.65. The molecule has 2 atom stereocenters. The third-order valence-electron chi connectivity index (χ3n) is 5.42. The topological polar surface area (TPSA) is 57.7 Å². The van der Waals surface area contributed by atoms with E-state index in [2.05, 4.69) is 21.3 Å². The molecular weight excluding hydrogens is 292 g/mol. The van der Waals surface area contributed by atoms with Gasteiger partial charge in [-0.25, -0.2) is 4.79 Å². The fraction of sp³-hybridized carbons (Fsp3) is 0.647. The van der Waals surface area contributed by atoms with Crippen LogP contribution in [0, 0.1) is 0 Å². The average Bonchev–Trinajstić information content (AvgIpc) is 3.32. The monoisotopic (exact) mass is 316 g/mol. The Morgan fingerprint density at radius 3 is 3.09 bits per heavy atom. The molecule has 3 fully saturated rings. The maximum atomic E-state index is 12.3. The Kier molecular flexibility index (Phi) is 3.95. The molecule has 1 unspecified atom stereocenters. The molecule has 0 saturated carbocycles. The van der Waals surface area contributed by atoms with E-state index in [1.165, 1.54) is 0 Å². The lowest BCUT2D eigenvalue weighted by molar-refractivity contribution is -0.210. The van der Waals surface area contributed by atoms with Gasteiger partial charge in [-0.2, -0.15) is 0 Å². The molecule has 1 aromatic rings. The highest BCUT2D eigenvalue weighted by Crippen LogP contribution is 2.39. The minimum atomic E-state index is -0.122. The van der Waals surface area contributed by atoms with Gasteiger partial charge in [0.2, 0.25) is 0 Å². The van der Waals surface area contributed by atoms with E-state index in [-0.39, 0.29) is 17.6 Å². The number of hydrogen-bond acceptors (Lipinski definition) is 6. The Labute approximate surface area is 136 Å². The molecule has 4 rings (SSSR count). The fourth-order valence-electron chi connectivity index (χ4n) is 4.14. The lowest BCUT2D eigenvalue weighted by atomic mass is 9.96. The zero-order chi connectivity index (χ0) is 15.7. The quantitative estimate of drug-likeness (QED) is 0.908. The van der Waals surface area contributed by atoms with Crippen LogP contribution in [-0.4, -0.2) is 53.8 Å². The summed E-state index contributed by atoms with van der Waals surface area (Å²) in [5.74, 6) is -0.108. The summed E-state index contributed by atoms with van der Waals surface area (Å²) in [5.41, 5.74) is 1.13. The summed E-state index contributed by atoms with van der Waals surface area (Å²) < 4.78 is 0. The van der Waals surface area contributed by atoms with Gasteiger partial charge in [0.05, 0.1) is 17.4 Å². The Balaban J connectivity index is 1.44. The number of nitrogens with zero attached hydrogens (tertiary/aromatic N) is 3. The first-order chi connectivity index (χ1) is 11.3. The molecule has 3 aliphatic heterocycles. The molecular formula is C17H24N4O2. The van der Waals surface area contributed by atoms with Gasteiger partial charge in [-0.3, -0.25) is 4.98 Å². The summed E-state index contributed by atoms with van der Waals surface area (Å²) in [5, 5.41) is 5.20. The maximum absolute atomic E-state index is 12.3. The largest absolute Gasteiger partial charge is 0.368 e. The number of aromatic nitrogens is 1. The molecule has 1 aromatic heterocycles. The van der Waals surface area contributed by atoms with Crippen LogP contribution in [0.5, 0.6) is 0 Å². The second kappa shape index (κ2) is 6.09. The van der Waals surface area contributed by atoms with Gasteiger partial charge in [-0.15, -0.1) is 5.06 Å². The average molecular weight is 316 g/mol. The summed E-state index contributed by atoms with van der Waals surface area (Å²) in [6.07, 6.45) is 8.87. The van der Waals surface area contributed by atoms with Crippen LogP contribution >= 0.6 is 0 Å². The van der Waals surface area contributed by atoms with Gasteiger partial charge >= 0.3 is 5.97 Å². The standard InChI is InChI=1S/C17H24N4O2/c22-16(15-5-2-9-19-15)23-21-10-3-6-17(21)7-11-20(13-17)14-4-1-8-18-12-14/h1,4,8,12,15,19H,2-3,5-7,9-11,13H2/t15-,17?/m0/s1. The van der Waals surface area contributed by atoms with Gasteiger partial charge in [-0.1, -0.05) is 0 Å². The SMILES string of the molecule is O=C(ON1CCCC12CCN(c1cccnc1)C2)[C@@H]1CCCN1. The molecule has 0 radical (unpaired) electrons. The highest BCUT2D eigenvalue weighted by atomic mass is 16.7. The van der Waals surface area contributed by atoms with Crippen LogP contribution in [-0.2, 0) is 9.63 Å². The van der Waals surface area contributed by atoms with Gasteiger partial charge in [-0.05, 0) is 50.8 Å². The maximum Gasteiger partial charge on any atom is 0.342 e. The van der Waals surface area contributed by atoms with Crippen molar-refractivity contribution >= 4 is 11.7 Å². The zero-order valence-corrected chi connectivity index (χ0v) is 13.4. The summed E-state index contributed by atoms with van der Waals surface area (Å²) in [7, 11) is 0. The minimum Gasteiger partial charge on any atom is -0.368 e. The van der Waals surface area contributed by atoms with Crippen LogP contribution in [0.25, 0.3) is 0 Å². The van der Waals surface area contributed by atoms with Gasteiger partial charge in [0, 0.05) is 25.8 Å². The van der Waals surface area contributed by atoms with Crippen LogP contribution in [0.4, 0.5) is 5.69 Å². The number of carbonyl (C=O) groups excluding carboxylic acids is 1. The molecule has 6 heteroatoms. The molecule has 0 aromatic carbocycles. The molecule has 3 saturated heterocycles. The molecule has 23 heavy (non-hydrogen) atoms. The molecule has 0 aliphatic carbocycles. The second-order valence-corrected chi connectivity index (χ2v) is 6.87. The second-order valence-electron chi connectivity index (χ2n) is 6.87. The van der Waals surface area contributed by atoms with Crippen LogP contribution < -0.4 is 10.2 Å². The molecule has 6 nitrogen and oxygen atoms in total. The Bertz CT molecular complexity index is 561. The Morgan fingerprint density at radius 2 is 2.30 bits per heavy atom. The number of rotatable bonds is 3. The van der Waals surface area contributed by atoms with E-state index in [9.17, 15) is 4.79 Å². The molecule has 1 spiro atoms. The third kappa shape index (κ3) is 2.81. The highest BCUT2D eigenvalue weighted by Gasteiger charge is 2.49. The van der Waals surface area contributed by atoms with E-state index in [1.54, 1.807) is 6.20 Å². The zero-order valence-electron chi connectivity index (χ0n) is 13.4. The number of anilines is 1. The number of nitrogens with one attached hydrogen (secondary N) is 1. The molecule has 0 amide bonds. The van der Waals surface area contributed by atoms with E-state index >= 15 is 0 Å². The van der Waals surface area contributed by atoms with Crippen molar-refractivity contribution in [3.8, 4) is 0 Å². The van der Waals surface area contributed by atoms with Crippen molar-refractivity contribution in [2.75, 3.05) is 31.1 Å². The van der Waals surface area contributed by atoms with E-state index in [0.29, 0.717) is 0 Å². The molecule has 0 bridgehead atoms. The van der Waals surface area contributed by atoms with Crippen LogP contribution in [0.1, 0.15) is 32.1 Å². The minimum absolute atomic E-state index is 0.0237. The Morgan fingerprint density at radius 1 is 1.35 bits per heavy atom. The smallest absolute Gasteiger partial charge is 0.342 e. The van der Waals surface area contributed by atoms with Crippen molar-refractivity contribution in [3.63, 3.8) is 0 Å². The van der Waals surface area contributed by atoms with Gasteiger partial charge in [0.25, 0.3) is 0 Å². The Hall–Kier alpha value is -1.66. The lowest BCUT2D eigenvalue weighted by Gasteiger charge is -2.34. The number of carbonyl (C=O) groups is 1. The van der Waals surface area contributed by atoms with E-state index in [1.807, 2.05) is 17.3 Å². The summed E-state index contributed by atoms with van der Waals surface area (Å²) in [6.45, 7) is 3.66. The normalized spacial score (nSPS) is 31.1. The van der Waals surface area contributed by atoms with E-state index in [4.69, 9.17) is 4.84 Å². The van der Waals surface area contributed by atoms with Crippen molar-refractivity contribution in [3.05, 3.63) is 24.5 Å². The fourth-order valence-corrected chi connectivity index (χ4v) is 4.14. The van der Waals surface area contributed by atoms with Gasteiger partial charge in [0.15, 0.2) is 0 Å². The third-order valence-corrected chi connectivity index (χ3v) is 5.42.